The summed E-state index contributed by atoms with van der Waals surface area (Å²) in [6, 6.07) is 4.94. The predicted octanol–water partition coefficient (Wildman–Crippen LogP) is 2.38. The molecular weight excluding hydrogens is 280 g/mol. The van der Waals surface area contributed by atoms with Crippen LogP contribution in [0.25, 0.3) is 0 Å². The van der Waals surface area contributed by atoms with E-state index in [4.69, 9.17) is 0 Å². The van der Waals surface area contributed by atoms with Gasteiger partial charge >= 0.3 is 0 Å². The molecule has 110 valence electrons. The number of sulfone groups is 1. The van der Waals surface area contributed by atoms with Crippen LogP contribution in [0.15, 0.2) is 23.1 Å². The number of benzene rings is 1. The van der Waals surface area contributed by atoms with Gasteiger partial charge in [-0.2, -0.15) is 0 Å². The summed E-state index contributed by atoms with van der Waals surface area (Å²) < 4.78 is 23.5. The Morgan fingerprint density at radius 3 is 2.25 bits per heavy atom. The summed E-state index contributed by atoms with van der Waals surface area (Å²) in [7, 11) is -3.63. The van der Waals surface area contributed by atoms with Gasteiger partial charge in [0.25, 0.3) is 5.69 Å². The van der Waals surface area contributed by atoms with Gasteiger partial charge in [-0.1, -0.05) is 0 Å². The van der Waals surface area contributed by atoms with Crippen LogP contribution in [0.3, 0.4) is 0 Å². The van der Waals surface area contributed by atoms with Crippen LogP contribution in [-0.2, 0) is 9.84 Å². The summed E-state index contributed by atoms with van der Waals surface area (Å²) in [6.07, 6.45) is 3.06. The van der Waals surface area contributed by atoms with Gasteiger partial charge < -0.3 is 4.90 Å². The molecule has 0 unspecified atom stereocenters. The minimum Gasteiger partial charge on any atom is -0.366 e. The van der Waals surface area contributed by atoms with Crippen molar-refractivity contribution >= 4 is 21.2 Å². The minimum absolute atomic E-state index is 0.216. The third kappa shape index (κ3) is 2.63. The lowest BCUT2D eigenvalue weighted by Gasteiger charge is -2.28. The molecule has 0 bridgehead atoms. The molecule has 0 amide bonds. The Kier molecular flexibility index (Phi) is 3.73. The van der Waals surface area contributed by atoms with Crippen LogP contribution in [0, 0.1) is 10.1 Å². The zero-order valence-electron chi connectivity index (χ0n) is 11.7. The van der Waals surface area contributed by atoms with Gasteiger partial charge in [-0.25, -0.2) is 8.42 Å². The highest BCUT2D eigenvalue weighted by molar-refractivity contribution is 7.90. The lowest BCUT2D eigenvalue weighted by Crippen LogP contribution is -2.32. The highest BCUT2D eigenvalue weighted by Gasteiger charge is 2.30. The Morgan fingerprint density at radius 1 is 1.25 bits per heavy atom. The number of rotatable bonds is 3. The average Bonchev–Trinajstić information content (AvgIpc) is 2.67. The molecule has 0 aromatic heterocycles. The first kappa shape index (κ1) is 14.8. The largest absolute Gasteiger partial charge is 0.366 e. The van der Waals surface area contributed by atoms with Gasteiger partial charge in [-0.3, -0.25) is 10.1 Å². The quantitative estimate of drug-likeness (QED) is 0.632. The third-order valence-electron chi connectivity index (χ3n) is 3.79. The molecule has 1 aromatic rings. The number of hydrogen-bond donors (Lipinski definition) is 0. The molecular formula is C13H18N2O4S. The van der Waals surface area contributed by atoms with E-state index in [9.17, 15) is 18.5 Å². The fraction of sp³-hybridized carbons (Fsp3) is 0.538. The second kappa shape index (κ2) is 5.05. The van der Waals surface area contributed by atoms with Gasteiger partial charge in [-0.05, 0) is 38.8 Å². The van der Waals surface area contributed by atoms with E-state index in [1.54, 1.807) is 6.07 Å². The van der Waals surface area contributed by atoms with E-state index < -0.39 is 14.8 Å². The number of nitro benzene ring substituents is 1. The molecule has 1 fully saturated rings. The summed E-state index contributed by atoms with van der Waals surface area (Å²) in [4.78, 5) is 12.2. The highest BCUT2D eigenvalue weighted by atomic mass is 32.2. The van der Waals surface area contributed by atoms with Crippen molar-refractivity contribution in [3.63, 3.8) is 0 Å². The van der Waals surface area contributed by atoms with E-state index in [1.165, 1.54) is 12.1 Å². The van der Waals surface area contributed by atoms with Gasteiger partial charge in [0.2, 0.25) is 0 Å². The molecule has 20 heavy (non-hydrogen) atoms. The number of nitro groups is 1. The van der Waals surface area contributed by atoms with Gasteiger partial charge in [0, 0.05) is 30.1 Å². The van der Waals surface area contributed by atoms with Gasteiger partial charge in [-0.15, -0.1) is 0 Å². The van der Waals surface area contributed by atoms with E-state index in [1.807, 2.05) is 0 Å². The van der Waals surface area contributed by atoms with Crippen LogP contribution in [-0.4, -0.2) is 31.7 Å². The number of hydrogen-bond acceptors (Lipinski definition) is 5. The molecule has 1 heterocycles. The number of anilines is 1. The number of nitrogens with zero attached hydrogens (tertiary/aromatic N) is 2. The van der Waals surface area contributed by atoms with Crippen LogP contribution < -0.4 is 4.90 Å². The topological polar surface area (TPSA) is 80.5 Å². The molecule has 0 radical (unpaired) electrons. The maximum Gasteiger partial charge on any atom is 0.288 e. The van der Waals surface area contributed by atoms with Crippen LogP contribution >= 0.6 is 0 Å². The predicted molar refractivity (Wildman–Crippen MR) is 76.8 cm³/mol. The van der Waals surface area contributed by atoms with Crippen molar-refractivity contribution in [1.82, 2.24) is 0 Å². The SMILES string of the molecule is C[C@@H]1CC[C@H](C)N1c1ccc([N+](=O)[O-])c(S(C)(=O)=O)c1. The van der Waals surface area contributed by atoms with Crippen LogP contribution in [0.4, 0.5) is 11.4 Å². The lowest BCUT2D eigenvalue weighted by molar-refractivity contribution is -0.387. The molecule has 0 spiro atoms. The van der Waals surface area contributed by atoms with Crippen LogP contribution in [0.1, 0.15) is 26.7 Å². The van der Waals surface area contributed by atoms with Crippen molar-refractivity contribution < 1.29 is 13.3 Å². The molecule has 6 nitrogen and oxygen atoms in total. The fourth-order valence-electron chi connectivity index (χ4n) is 2.82. The Morgan fingerprint density at radius 2 is 1.80 bits per heavy atom. The van der Waals surface area contributed by atoms with E-state index in [2.05, 4.69) is 18.7 Å². The maximum atomic E-state index is 11.8. The van der Waals surface area contributed by atoms with Crippen molar-refractivity contribution in [2.75, 3.05) is 11.2 Å². The standard InChI is InChI=1S/C13H18N2O4S/c1-9-4-5-10(2)14(9)11-6-7-12(15(16)17)13(8-11)20(3,18)19/h6-10H,4-5H2,1-3H3/t9-,10+. The van der Waals surface area contributed by atoms with Crippen LogP contribution in [0.5, 0.6) is 0 Å². The van der Waals surface area contributed by atoms with Crippen molar-refractivity contribution in [3.05, 3.63) is 28.3 Å². The fourth-order valence-corrected chi connectivity index (χ4v) is 3.67. The molecule has 1 aromatic carbocycles. The van der Waals surface area contributed by atoms with Crippen molar-refractivity contribution in [1.29, 1.82) is 0 Å². The Bertz CT molecular complexity index is 632. The van der Waals surface area contributed by atoms with Crippen molar-refractivity contribution in [2.45, 2.75) is 43.7 Å². The molecule has 1 aliphatic heterocycles. The van der Waals surface area contributed by atoms with Gasteiger partial charge in [0.15, 0.2) is 9.84 Å². The molecule has 2 rings (SSSR count). The summed E-state index contributed by atoms with van der Waals surface area (Å²) in [5, 5.41) is 11.0. The third-order valence-corrected chi connectivity index (χ3v) is 4.92. The Hall–Kier alpha value is -1.63. The maximum absolute atomic E-state index is 11.8. The highest BCUT2D eigenvalue weighted by Crippen LogP contribution is 2.34. The Labute approximate surface area is 118 Å². The summed E-state index contributed by atoms with van der Waals surface area (Å²) in [5.41, 5.74) is 0.365. The zero-order chi connectivity index (χ0) is 15.1. The first-order valence-corrected chi connectivity index (χ1v) is 8.38. The van der Waals surface area contributed by atoms with E-state index in [-0.39, 0.29) is 10.6 Å². The molecule has 2 atom stereocenters. The summed E-state index contributed by atoms with van der Waals surface area (Å²) in [6.45, 7) is 4.15. The van der Waals surface area contributed by atoms with Crippen molar-refractivity contribution in [2.24, 2.45) is 0 Å². The van der Waals surface area contributed by atoms with Crippen LogP contribution in [0.2, 0.25) is 0 Å². The zero-order valence-corrected chi connectivity index (χ0v) is 12.6. The van der Waals surface area contributed by atoms with Crippen molar-refractivity contribution in [3.8, 4) is 0 Å². The molecule has 1 aliphatic rings. The van der Waals surface area contributed by atoms with E-state index in [0.717, 1.165) is 24.8 Å². The lowest BCUT2D eigenvalue weighted by atomic mass is 10.2. The second-order valence-corrected chi connectivity index (χ2v) is 7.35. The molecule has 0 saturated carbocycles. The molecule has 0 aliphatic carbocycles. The molecule has 0 N–H and O–H groups in total. The first-order valence-electron chi connectivity index (χ1n) is 6.48. The summed E-state index contributed by atoms with van der Waals surface area (Å²) >= 11 is 0. The first-order chi connectivity index (χ1) is 9.21. The Balaban J connectivity index is 2.56. The summed E-state index contributed by atoms with van der Waals surface area (Å²) in [5.74, 6) is 0. The normalized spacial score (nSPS) is 23.1. The van der Waals surface area contributed by atoms with E-state index in [0.29, 0.717) is 12.1 Å². The van der Waals surface area contributed by atoms with Gasteiger partial charge in [0.05, 0.1) is 4.92 Å². The molecule has 7 heteroatoms. The van der Waals surface area contributed by atoms with E-state index >= 15 is 0 Å². The molecule has 1 saturated heterocycles. The monoisotopic (exact) mass is 298 g/mol. The smallest absolute Gasteiger partial charge is 0.288 e. The minimum atomic E-state index is -3.63. The van der Waals surface area contributed by atoms with Gasteiger partial charge in [0.1, 0.15) is 4.90 Å². The average molecular weight is 298 g/mol. The second-order valence-electron chi connectivity index (χ2n) is 5.36.